The number of nitrogen functional groups attached to an aromatic ring is 1. The van der Waals surface area contributed by atoms with E-state index in [2.05, 4.69) is 4.98 Å². The van der Waals surface area contributed by atoms with Crippen LogP contribution in [0.15, 0.2) is 12.1 Å². The van der Waals surface area contributed by atoms with Crippen LogP contribution in [0.4, 0.5) is 27.6 Å². The van der Waals surface area contributed by atoms with Crippen molar-refractivity contribution >= 4 is 16.6 Å². The Bertz CT molecular complexity index is 651. The molecule has 3 nitrogen and oxygen atoms in total. The zero-order chi connectivity index (χ0) is 14.4. The van der Waals surface area contributed by atoms with Gasteiger partial charge in [0.15, 0.2) is 0 Å². The fourth-order valence-electron chi connectivity index (χ4n) is 1.72. The van der Waals surface area contributed by atoms with Crippen LogP contribution in [-0.2, 0) is 6.18 Å². The predicted octanol–water partition coefficient (Wildman–Crippen LogP) is 3.13. The number of nitrogens with two attached hydrogens (primary N) is 1. The second kappa shape index (κ2) is 4.30. The zero-order valence-electron chi connectivity index (χ0n) is 9.57. The van der Waals surface area contributed by atoms with Crippen LogP contribution in [0, 0.1) is 18.6 Å². The molecular weight excluding hydrogens is 269 g/mol. The van der Waals surface area contributed by atoms with Crippen LogP contribution in [0.2, 0.25) is 0 Å². The predicted molar refractivity (Wildman–Crippen MR) is 59.2 cm³/mol. The number of fused-ring (bicyclic) bond motifs is 1. The molecule has 102 valence electrons. The van der Waals surface area contributed by atoms with Crippen LogP contribution in [0.5, 0.6) is 0 Å². The largest absolute Gasteiger partial charge is 0.433 e. The van der Waals surface area contributed by atoms with Gasteiger partial charge in [-0.2, -0.15) is 13.2 Å². The van der Waals surface area contributed by atoms with Crippen molar-refractivity contribution in [3.63, 3.8) is 0 Å². The molecule has 1 heterocycles. The highest BCUT2D eigenvalue weighted by molar-refractivity contribution is 5.92. The van der Waals surface area contributed by atoms with Crippen molar-refractivity contribution < 1.29 is 22.0 Å². The molecule has 0 spiro atoms. The van der Waals surface area contributed by atoms with Crippen molar-refractivity contribution in [3.8, 4) is 0 Å². The van der Waals surface area contributed by atoms with Gasteiger partial charge in [0.25, 0.3) is 0 Å². The minimum atomic E-state index is -4.78. The molecule has 0 radical (unpaired) electrons. The highest BCUT2D eigenvalue weighted by Gasteiger charge is 2.34. The molecule has 0 saturated carbocycles. The van der Waals surface area contributed by atoms with E-state index in [1.165, 1.54) is 6.92 Å². The Morgan fingerprint density at radius 2 is 1.84 bits per heavy atom. The van der Waals surface area contributed by atoms with Crippen LogP contribution >= 0.6 is 0 Å². The Kier molecular flexibility index (Phi) is 3.05. The second-order valence-electron chi connectivity index (χ2n) is 3.91. The third-order valence-electron chi connectivity index (χ3n) is 2.60. The van der Waals surface area contributed by atoms with Gasteiger partial charge in [-0.25, -0.2) is 13.8 Å². The van der Waals surface area contributed by atoms with E-state index in [1.807, 2.05) is 5.43 Å². The number of nitrogens with zero attached hydrogens (tertiary/aromatic N) is 1. The summed E-state index contributed by atoms with van der Waals surface area (Å²) < 4.78 is 65.3. The number of aryl methyl sites for hydroxylation is 1. The van der Waals surface area contributed by atoms with Crippen molar-refractivity contribution in [2.24, 2.45) is 5.84 Å². The molecule has 0 aliphatic carbocycles. The number of benzene rings is 1. The highest BCUT2D eigenvalue weighted by atomic mass is 19.4. The van der Waals surface area contributed by atoms with Crippen molar-refractivity contribution in [1.29, 1.82) is 0 Å². The molecule has 8 heteroatoms. The number of halogens is 5. The number of pyridine rings is 1. The molecule has 0 saturated heterocycles. The number of nitrogens with one attached hydrogen (secondary N) is 1. The summed E-state index contributed by atoms with van der Waals surface area (Å²) in [5.74, 6) is 3.15. The van der Waals surface area contributed by atoms with Gasteiger partial charge in [-0.3, -0.25) is 5.84 Å². The maximum atomic E-state index is 13.9. The minimum Gasteiger partial charge on any atom is -0.323 e. The van der Waals surface area contributed by atoms with E-state index in [9.17, 15) is 22.0 Å². The van der Waals surface area contributed by atoms with Crippen molar-refractivity contribution in [3.05, 3.63) is 35.0 Å². The third kappa shape index (κ3) is 2.19. The normalized spacial score (nSPS) is 11.9. The van der Waals surface area contributed by atoms with E-state index in [4.69, 9.17) is 5.84 Å². The summed E-state index contributed by atoms with van der Waals surface area (Å²) in [5, 5.41) is -0.409. The van der Waals surface area contributed by atoms with Gasteiger partial charge in [-0.1, -0.05) is 0 Å². The van der Waals surface area contributed by atoms with E-state index in [0.717, 1.165) is 6.07 Å². The lowest BCUT2D eigenvalue weighted by molar-refractivity contribution is -0.140. The van der Waals surface area contributed by atoms with Crippen molar-refractivity contribution in [2.75, 3.05) is 5.43 Å². The smallest absolute Gasteiger partial charge is 0.323 e. The average Bonchev–Trinajstić information content (AvgIpc) is 2.33. The molecular formula is C11H8F5N3. The lowest BCUT2D eigenvalue weighted by Crippen LogP contribution is -2.14. The van der Waals surface area contributed by atoms with Crippen LogP contribution in [-0.4, -0.2) is 4.98 Å². The minimum absolute atomic E-state index is 0.0527. The molecule has 0 amide bonds. The number of anilines is 1. The van der Waals surface area contributed by atoms with Gasteiger partial charge in [0.05, 0.1) is 11.1 Å². The van der Waals surface area contributed by atoms with Crippen LogP contribution in [0.25, 0.3) is 10.9 Å². The number of aromatic nitrogens is 1. The summed E-state index contributed by atoms with van der Waals surface area (Å²) >= 11 is 0. The lowest BCUT2D eigenvalue weighted by Gasteiger charge is -2.13. The molecule has 0 bridgehead atoms. The first-order valence-corrected chi connectivity index (χ1v) is 5.09. The molecule has 2 aromatic rings. The van der Waals surface area contributed by atoms with Gasteiger partial charge in [-0.15, -0.1) is 0 Å². The van der Waals surface area contributed by atoms with Crippen molar-refractivity contribution in [2.45, 2.75) is 13.1 Å². The van der Waals surface area contributed by atoms with Gasteiger partial charge < -0.3 is 5.43 Å². The Labute approximate surface area is 104 Å². The number of hydrazine groups is 1. The number of hydrogen-bond acceptors (Lipinski definition) is 3. The lowest BCUT2D eigenvalue weighted by atomic mass is 10.1. The SMILES string of the molecule is Cc1cc(F)c2nc(C(F)(F)F)cc(NN)c2c1F. The van der Waals surface area contributed by atoms with E-state index in [1.54, 1.807) is 0 Å². The maximum Gasteiger partial charge on any atom is 0.433 e. The Morgan fingerprint density at radius 1 is 1.21 bits per heavy atom. The summed E-state index contributed by atoms with van der Waals surface area (Å²) in [4.78, 5) is 3.12. The Hall–Kier alpha value is -1.96. The molecule has 0 aliphatic rings. The number of hydrogen-bond donors (Lipinski definition) is 2. The van der Waals surface area contributed by atoms with Crippen LogP contribution in [0.1, 0.15) is 11.3 Å². The van der Waals surface area contributed by atoms with Gasteiger partial charge in [-0.05, 0) is 24.6 Å². The van der Waals surface area contributed by atoms with E-state index < -0.39 is 34.4 Å². The number of alkyl halides is 3. The molecule has 1 aromatic heterocycles. The van der Waals surface area contributed by atoms with Crippen molar-refractivity contribution in [1.82, 2.24) is 4.98 Å². The monoisotopic (exact) mass is 277 g/mol. The first-order valence-electron chi connectivity index (χ1n) is 5.09. The standard InChI is InChI=1S/C11H8F5N3/c1-4-2-5(12)10-8(9(4)13)6(19-17)3-7(18-10)11(14,15)16/h2-3H,17H2,1H3,(H,18,19). The average molecular weight is 277 g/mol. The fourth-order valence-corrected chi connectivity index (χ4v) is 1.72. The number of rotatable bonds is 1. The van der Waals surface area contributed by atoms with Gasteiger partial charge in [0, 0.05) is 0 Å². The van der Waals surface area contributed by atoms with Gasteiger partial charge in [0.1, 0.15) is 22.8 Å². The Balaban J connectivity index is 2.93. The van der Waals surface area contributed by atoms with E-state index in [-0.39, 0.29) is 11.3 Å². The van der Waals surface area contributed by atoms with Crippen LogP contribution < -0.4 is 11.3 Å². The topological polar surface area (TPSA) is 50.9 Å². The molecule has 0 atom stereocenters. The molecule has 0 aliphatic heterocycles. The second-order valence-corrected chi connectivity index (χ2v) is 3.91. The first-order chi connectivity index (χ1) is 8.75. The molecule has 3 N–H and O–H groups in total. The summed E-state index contributed by atoms with van der Waals surface area (Å²) in [5.41, 5.74) is -0.568. The highest BCUT2D eigenvalue weighted by Crippen LogP contribution is 2.35. The molecule has 2 rings (SSSR count). The van der Waals surface area contributed by atoms with E-state index in [0.29, 0.717) is 6.07 Å². The van der Waals surface area contributed by atoms with Gasteiger partial charge in [0.2, 0.25) is 0 Å². The maximum absolute atomic E-state index is 13.9. The summed E-state index contributed by atoms with van der Waals surface area (Å²) in [7, 11) is 0. The first kappa shape index (κ1) is 13.5. The summed E-state index contributed by atoms with van der Waals surface area (Å²) in [6.45, 7) is 1.29. The molecule has 0 unspecified atom stereocenters. The molecule has 1 aromatic carbocycles. The fraction of sp³-hybridized carbons (Fsp3) is 0.182. The van der Waals surface area contributed by atoms with Gasteiger partial charge >= 0.3 is 6.18 Å². The molecule has 19 heavy (non-hydrogen) atoms. The Morgan fingerprint density at radius 3 is 2.37 bits per heavy atom. The summed E-state index contributed by atoms with van der Waals surface area (Å²) in [6, 6.07) is 1.31. The van der Waals surface area contributed by atoms with E-state index >= 15 is 0 Å². The third-order valence-corrected chi connectivity index (χ3v) is 2.60. The zero-order valence-corrected chi connectivity index (χ0v) is 9.57. The molecule has 0 fully saturated rings. The summed E-state index contributed by atoms with van der Waals surface area (Å²) in [6.07, 6.45) is -4.78. The quantitative estimate of drug-likeness (QED) is 0.478. The van der Waals surface area contributed by atoms with Crippen LogP contribution in [0.3, 0.4) is 0 Å².